The minimum Gasteiger partial charge on any atom is -0.466 e. The van der Waals surface area contributed by atoms with E-state index >= 15 is 0 Å². The Bertz CT molecular complexity index is 227. The smallest absolute Gasteiger partial charge is 0.376 e. The maximum atomic E-state index is 11.1. The zero-order valence-electron chi connectivity index (χ0n) is 7.99. The molecule has 4 nitrogen and oxygen atoms in total. The van der Waals surface area contributed by atoms with Crippen LogP contribution in [0.2, 0.25) is 6.82 Å². The number of ether oxygens (including phenoxy) is 1. The second-order valence-corrected chi connectivity index (χ2v) is 3.11. The normalized spacial score (nSPS) is 17.9. The molecule has 1 aliphatic rings. The van der Waals surface area contributed by atoms with Gasteiger partial charge >= 0.3 is 13.0 Å². The molecule has 72 valence electrons. The Balaban J connectivity index is 2.59. The highest BCUT2D eigenvalue weighted by atomic mass is 16.5. The van der Waals surface area contributed by atoms with E-state index < -0.39 is 7.05 Å². The highest BCUT2D eigenvalue weighted by molar-refractivity contribution is 6.45. The molecule has 0 atom stereocenters. The Morgan fingerprint density at radius 1 is 1.77 bits per heavy atom. The Kier molecular flexibility index (Phi) is 3.51. The molecule has 5 heteroatoms. The lowest BCUT2D eigenvalue weighted by atomic mass is 9.83. The first kappa shape index (κ1) is 10.3. The molecule has 0 aromatic heterocycles. The number of carbonyl (C=O) groups excluding carboxylic acids is 1. The summed E-state index contributed by atoms with van der Waals surface area (Å²) in [6, 6.07) is 0. The van der Waals surface area contributed by atoms with Crippen LogP contribution in [0, 0.1) is 0 Å². The molecule has 1 heterocycles. The van der Waals surface area contributed by atoms with Gasteiger partial charge < -0.3 is 14.6 Å². The fourth-order valence-electron chi connectivity index (χ4n) is 1.36. The summed E-state index contributed by atoms with van der Waals surface area (Å²) in [6.07, 6.45) is 2.65. The summed E-state index contributed by atoms with van der Waals surface area (Å²) in [5.74, 6) is -0.301. The average molecular weight is 183 g/mol. The molecule has 0 bridgehead atoms. The standard InChI is InChI=1S/C8H14BNO3/c1-9(12)10-5-3-4-7(6-10)8(11)13-2/h4,12H,3,5-6H2,1-2H3. The van der Waals surface area contributed by atoms with Gasteiger partial charge in [-0.3, -0.25) is 0 Å². The Morgan fingerprint density at radius 2 is 2.46 bits per heavy atom. The Morgan fingerprint density at radius 3 is 3.00 bits per heavy atom. The summed E-state index contributed by atoms with van der Waals surface area (Å²) in [5.41, 5.74) is 0.634. The third-order valence-electron chi connectivity index (χ3n) is 2.16. The molecule has 0 saturated carbocycles. The molecule has 0 radical (unpaired) electrons. The van der Waals surface area contributed by atoms with Crippen LogP contribution in [0.5, 0.6) is 0 Å². The monoisotopic (exact) mass is 183 g/mol. The van der Waals surface area contributed by atoms with E-state index in [0.29, 0.717) is 12.1 Å². The van der Waals surface area contributed by atoms with Crippen molar-refractivity contribution in [1.82, 2.24) is 4.81 Å². The zero-order valence-corrected chi connectivity index (χ0v) is 7.99. The van der Waals surface area contributed by atoms with Gasteiger partial charge in [0.25, 0.3) is 0 Å². The number of methoxy groups -OCH3 is 1. The molecule has 0 aromatic carbocycles. The molecule has 1 rings (SSSR count). The van der Waals surface area contributed by atoms with E-state index in [0.717, 1.165) is 13.0 Å². The van der Waals surface area contributed by atoms with Crippen LogP contribution in [0.1, 0.15) is 6.42 Å². The molecular weight excluding hydrogens is 169 g/mol. The van der Waals surface area contributed by atoms with Crippen molar-refractivity contribution in [3.05, 3.63) is 11.6 Å². The molecule has 0 fully saturated rings. The van der Waals surface area contributed by atoms with Crippen LogP contribution in [0.15, 0.2) is 11.6 Å². The second-order valence-electron chi connectivity index (χ2n) is 3.11. The van der Waals surface area contributed by atoms with Crippen molar-refractivity contribution in [2.75, 3.05) is 20.2 Å². The van der Waals surface area contributed by atoms with Crippen LogP contribution in [0.4, 0.5) is 0 Å². The van der Waals surface area contributed by atoms with Crippen LogP contribution in [0.3, 0.4) is 0 Å². The van der Waals surface area contributed by atoms with Crippen molar-refractivity contribution in [2.24, 2.45) is 0 Å². The van der Waals surface area contributed by atoms with E-state index in [1.807, 2.05) is 10.9 Å². The molecule has 0 amide bonds. The minimum atomic E-state index is -0.506. The third kappa shape index (κ3) is 2.57. The zero-order chi connectivity index (χ0) is 9.84. The van der Waals surface area contributed by atoms with E-state index in [2.05, 4.69) is 4.74 Å². The molecule has 0 saturated heterocycles. The molecule has 13 heavy (non-hydrogen) atoms. The summed E-state index contributed by atoms with van der Waals surface area (Å²) < 4.78 is 4.60. The van der Waals surface area contributed by atoms with E-state index in [1.165, 1.54) is 7.11 Å². The number of rotatable bonds is 2. The number of esters is 1. The topological polar surface area (TPSA) is 49.8 Å². The first-order chi connectivity index (χ1) is 6.15. The average Bonchev–Trinajstić information content (AvgIpc) is 2.17. The molecular formula is C8H14BNO3. The summed E-state index contributed by atoms with van der Waals surface area (Å²) >= 11 is 0. The van der Waals surface area contributed by atoms with E-state index in [-0.39, 0.29) is 5.97 Å². The van der Waals surface area contributed by atoms with Gasteiger partial charge in [-0.1, -0.05) is 6.08 Å². The molecule has 0 aromatic rings. The van der Waals surface area contributed by atoms with Gasteiger partial charge in [0.15, 0.2) is 0 Å². The van der Waals surface area contributed by atoms with Gasteiger partial charge in [-0.25, -0.2) is 4.79 Å². The lowest BCUT2D eigenvalue weighted by molar-refractivity contribution is -0.136. The first-order valence-corrected chi connectivity index (χ1v) is 4.34. The predicted octanol–water partition coefficient (Wildman–Crippen LogP) is -0.0982. The Labute approximate surface area is 78.3 Å². The van der Waals surface area contributed by atoms with Gasteiger partial charge in [0.1, 0.15) is 0 Å². The Hall–Kier alpha value is -0.805. The van der Waals surface area contributed by atoms with Gasteiger partial charge in [-0.15, -0.1) is 0 Å². The molecule has 1 aliphatic heterocycles. The van der Waals surface area contributed by atoms with Gasteiger partial charge in [0.05, 0.1) is 7.11 Å². The number of hydrogen-bond donors (Lipinski definition) is 1. The summed E-state index contributed by atoms with van der Waals surface area (Å²) in [7, 11) is 0.859. The summed E-state index contributed by atoms with van der Waals surface area (Å²) in [5, 5.41) is 9.30. The maximum Gasteiger partial charge on any atom is 0.376 e. The lowest BCUT2D eigenvalue weighted by Crippen LogP contribution is -2.42. The first-order valence-electron chi connectivity index (χ1n) is 4.34. The van der Waals surface area contributed by atoms with E-state index in [1.54, 1.807) is 6.82 Å². The van der Waals surface area contributed by atoms with Crippen LogP contribution in [-0.2, 0) is 9.53 Å². The molecule has 1 N–H and O–H groups in total. The molecule has 0 aliphatic carbocycles. The second kappa shape index (κ2) is 4.44. The van der Waals surface area contributed by atoms with Crippen LogP contribution in [0.25, 0.3) is 0 Å². The number of carbonyl (C=O) groups is 1. The van der Waals surface area contributed by atoms with Crippen molar-refractivity contribution in [1.29, 1.82) is 0 Å². The third-order valence-corrected chi connectivity index (χ3v) is 2.16. The highest BCUT2D eigenvalue weighted by Gasteiger charge is 2.23. The predicted molar refractivity (Wildman–Crippen MR) is 50.1 cm³/mol. The van der Waals surface area contributed by atoms with Crippen molar-refractivity contribution < 1.29 is 14.6 Å². The largest absolute Gasteiger partial charge is 0.466 e. The summed E-state index contributed by atoms with van der Waals surface area (Å²) in [4.78, 5) is 13.0. The highest BCUT2D eigenvalue weighted by Crippen LogP contribution is 2.11. The number of nitrogens with zero attached hydrogens (tertiary/aromatic N) is 1. The van der Waals surface area contributed by atoms with E-state index in [4.69, 9.17) is 0 Å². The van der Waals surface area contributed by atoms with Crippen molar-refractivity contribution in [2.45, 2.75) is 13.2 Å². The molecule has 0 unspecified atom stereocenters. The molecule has 0 spiro atoms. The summed E-state index contributed by atoms with van der Waals surface area (Å²) in [6.45, 7) is 2.96. The fourth-order valence-corrected chi connectivity index (χ4v) is 1.36. The van der Waals surface area contributed by atoms with Gasteiger partial charge in [-0.05, 0) is 19.8 Å². The van der Waals surface area contributed by atoms with Gasteiger partial charge in [0.2, 0.25) is 0 Å². The van der Waals surface area contributed by atoms with Crippen molar-refractivity contribution in [3.63, 3.8) is 0 Å². The SMILES string of the molecule is COC(=O)C1=CCCN(B(C)O)C1. The lowest BCUT2D eigenvalue weighted by Gasteiger charge is -2.26. The van der Waals surface area contributed by atoms with Crippen molar-refractivity contribution in [3.8, 4) is 0 Å². The maximum absolute atomic E-state index is 11.1. The van der Waals surface area contributed by atoms with Crippen molar-refractivity contribution >= 4 is 13.0 Å². The van der Waals surface area contributed by atoms with E-state index in [9.17, 15) is 9.82 Å². The quantitative estimate of drug-likeness (QED) is 0.479. The van der Waals surface area contributed by atoms with Crippen LogP contribution >= 0.6 is 0 Å². The fraction of sp³-hybridized carbons (Fsp3) is 0.625. The number of hydrogen-bond acceptors (Lipinski definition) is 4. The van der Waals surface area contributed by atoms with Crippen LogP contribution in [-0.4, -0.2) is 43.1 Å². The van der Waals surface area contributed by atoms with Gasteiger partial charge in [-0.2, -0.15) is 0 Å². The van der Waals surface area contributed by atoms with Gasteiger partial charge in [0, 0.05) is 12.1 Å². The minimum absolute atomic E-state index is 0.301. The van der Waals surface area contributed by atoms with Crippen LogP contribution < -0.4 is 0 Å².